The number of rotatable bonds is 0. The second-order valence-corrected chi connectivity index (χ2v) is 5.17. The highest BCUT2D eigenvalue weighted by molar-refractivity contribution is 7.99. The summed E-state index contributed by atoms with van der Waals surface area (Å²) in [5.41, 5.74) is 1.68. The van der Waals surface area contributed by atoms with Crippen LogP contribution in [0.3, 0.4) is 0 Å². The van der Waals surface area contributed by atoms with Gasteiger partial charge in [0.1, 0.15) is 0 Å². The van der Waals surface area contributed by atoms with E-state index in [0.29, 0.717) is 5.41 Å². The van der Waals surface area contributed by atoms with Crippen molar-refractivity contribution in [1.29, 1.82) is 0 Å². The zero-order valence-electron chi connectivity index (χ0n) is 8.08. The molecule has 0 saturated heterocycles. The molecule has 0 spiro atoms. The van der Waals surface area contributed by atoms with Gasteiger partial charge in [0.25, 0.3) is 0 Å². The van der Waals surface area contributed by atoms with Gasteiger partial charge in [0.15, 0.2) is 0 Å². The number of hydrogen-bond acceptors (Lipinski definition) is 1. The minimum atomic E-state index is 0.323. The van der Waals surface area contributed by atoms with Gasteiger partial charge in [0.2, 0.25) is 0 Å². The molecule has 13 heavy (non-hydrogen) atoms. The zero-order valence-corrected chi connectivity index (χ0v) is 8.90. The predicted octanol–water partition coefficient (Wildman–Crippen LogP) is 3.83. The highest BCUT2D eigenvalue weighted by Crippen LogP contribution is 2.35. The fourth-order valence-corrected chi connectivity index (χ4v) is 2.48. The van der Waals surface area contributed by atoms with Crippen molar-refractivity contribution in [3.8, 4) is 0 Å². The molecule has 0 aliphatic carbocycles. The molecule has 1 aromatic carbocycles. The topological polar surface area (TPSA) is 0 Å². The Morgan fingerprint density at radius 2 is 2.00 bits per heavy atom. The molecule has 0 saturated carbocycles. The molecule has 2 rings (SSSR count). The van der Waals surface area contributed by atoms with E-state index in [1.807, 2.05) is 11.8 Å². The van der Waals surface area contributed by atoms with Gasteiger partial charge in [-0.1, -0.05) is 44.2 Å². The fraction of sp³-hybridized carbons (Fsp3) is 0.333. The molecule has 0 nitrogen and oxygen atoms in total. The van der Waals surface area contributed by atoms with E-state index in [-0.39, 0.29) is 0 Å². The summed E-state index contributed by atoms with van der Waals surface area (Å²) in [5.74, 6) is 1.17. The predicted molar refractivity (Wildman–Crippen MR) is 60.0 cm³/mol. The zero-order chi connectivity index (χ0) is 9.31. The quantitative estimate of drug-likeness (QED) is 0.599. The van der Waals surface area contributed by atoms with Crippen LogP contribution in [0.4, 0.5) is 0 Å². The Kier molecular flexibility index (Phi) is 2.20. The lowest BCUT2D eigenvalue weighted by molar-refractivity contribution is 0.560. The van der Waals surface area contributed by atoms with E-state index in [0.717, 1.165) is 0 Å². The third-order valence-corrected chi connectivity index (χ3v) is 3.80. The summed E-state index contributed by atoms with van der Waals surface area (Å²) in [6.07, 6.45) is 4.56. The van der Waals surface area contributed by atoms with Crippen LogP contribution in [0.2, 0.25) is 0 Å². The standard InChI is InChI=1S/C12H14S/c1-12(2)8-7-10-5-3-4-6-11(10)13-9-12/h3-8H,9H2,1-2H3. The molecule has 1 heteroatoms. The van der Waals surface area contributed by atoms with Crippen molar-refractivity contribution >= 4 is 17.8 Å². The van der Waals surface area contributed by atoms with Crippen LogP contribution >= 0.6 is 11.8 Å². The molecule has 0 fully saturated rings. The van der Waals surface area contributed by atoms with Crippen molar-refractivity contribution in [1.82, 2.24) is 0 Å². The molecule has 0 bridgehead atoms. The first kappa shape index (κ1) is 8.89. The monoisotopic (exact) mass is 190 g/mol. The fourth-order valence-electron chi connectivity index (χ4n) is 1.38. The highest BCUT2D eigenvalue weighted by Gasteiger charge is 2.17. The van der Waals surface area contributed by atoms with Crippen LogP contribution in [0, 0.1) is 5.41 Å². The first-order valence-corrected chi connectivity index (χ1v) is 5.57. The van der Waals surface area contributed by atoms with Gasteiger partial charge in [-0.15, -0.1) is 11.8 Å². The van der Waals surface area contributed by atoms with E-state index >= 15 is 0 Å². The second-order valence-electron chi connectivity index (χ2n) is 4.15. The summed E-state index contributed by atoms with van der Waals surface area (Å²) in [5, 5.41) is 0. The van der Waals surface area contributed by atoms with Gasteiger partial charge in [0.05, 0.1) is 0 Å². The largest absolute Gasteiger partial charge is 0.125 e. The van der Waals surface area contributed by atoms with E-state index in [2.05, 4.69) is 50.3 Å². The molecule has 1 aliphatic heterocycles. The summed E-state index contributed by atoms with van der Waals surface area (Å²) >= 11 is 1.95. The van der Waals surface area contributed by atoms with Crippen LogP contribution in [0.5, 0.6) is 0 Å². The van der Waals surface area contributed by atoms with E-state index in [4.69, 9.17) is 0 Å². The maximum atomic E-state index is 2.31. The summed E-state index contributed by atoms with van der Waals surface area (Å²) in [7, 11) is 0. The third-order valence-electron chi connectivity index (χ3n) is 2.23. The third kappa shape index (κ3) is 1.97. The van der Waals surface area contributed by atoms with E-state index in [1.54, 1.807) is 0 Å². The number of fused-ring (bicyclic) bond motifs is 1. The van der Waals surface area contributed by atoms with E-state index in [9.17, 15) is 0 Å². The number of benzene rings is 1. The Labute approximate surface area is 84.0 Å². The molecule has 0 radical (unpaired) electrons. The molecule has 1 aromatic rings. The number of thioether (sulfide) groups is 1. The molecule has 0 amide bonds. The summed E-state index contributed by atoms with van der Waals surface area (Å²) in [6, 6.07) is 8.59. The van der Waals surface area contributed by atoms with Gasteiger partial charge in [-0.2, -0.15) is 0 Å². The van der Waals surface area contributed by atoms with Gasteiger partial charge in [-0.25, -0.2) is 0 Å². The molecular weight excluding hydrogens is 176 g/mol. The SMILES string of the molecule is CC1(C)C=Cc2ccccc2SC1. The smallest absolute Gasteiger partial charge is 0.0145 e. The molecule has 1 aliphatic rings. The van der Waals surface area contributed by atoms with Gasteiger partial charge >= 0.3 is 0 Å². The van der Waals surface area contributed by atoms with Crippen molar-refractivity contribution in [3.05, 3.63) is 35.9 Å². The van der Waals surface area contributed by atoms with Gasteiger partial charge in [0, 0.05) is 10.6 Å². The highest BCUT2D eigenvalue weighted by atomic mass is 32.2. The average Bonchev–Trinajstić information content (AvgIpc) is 2.27. The molecule has 1 heterocycles. The lowest BCUT2D eigenvalue weighted by Crippen LogP contribution is -2.09. The molecule has 68 valence electrons. The van der Waals surface area contributed by atoms with Crippen LogP contribution in [0.1, 0.15) is 19.4 Å². The van der Waals surface area contributed by atoms with Crippen molar-refractivity contribution < 1.29 is 0 Å². The number of hydrogen-bond donors (Lipinski definition) is 0. The van der Waals surface area contributed by atoms with Crippen LogP contribution in [0.25, 0.3) is 6.08 Å². The van der Waals surface area contributed by atoms with Crippen LogP contribution in [-0.2, 0) is 0 Å². The lowest BCUT2D eigenvalue weighted by atomic mass is 9.95. The van der Waals surface area contributed by atoms with E-state index < -0.39 is 0 Å². The van der Waals surface area contributed by atoms with Gasteiger partial charge in [-0.3, -0.25) is 0 Å². The Morgan fingerprint density at radius 1 is 1.23 bits per heavy atom. The van der Waals surface area contributed by atoms with Crippen molar-refractivity contribution in [3.63, 3.8) is 0 Å². The Balaban J connectivity index is 2.39. The lowest BCUT2D eigenvalue weighted by Gasteiger charge is -2.16. The summed E-state index contributed by atoms with van der Waals surface area (Å²) in [4.78, 5) is 1.41. The van der Waals surface area contributed by atoms with Crippen LogP contribution in [0.15, 0.2) is 35.2 Å². The van der Waals surface area contributed by atoms with E-state index in [1.165, 1.54) is 16.2 Å². The van der Waals surface area contributed by atoms with Crippen molar-refractivity contribution in [2.45, 2.75) is 18.7 Å². The van der Waals surface area contributed by atoms with Gasteiger partial charge in [-0.05, 0) is 17.0 Å². The minimum Gasteiger partial charge on any atom is -0.125 e. The maximum absolute atomic E-state index is 2.31. The summed E-state index contributed by atoms with van der Waals surface area (Å²) < 4.78 is 0. The second kappa shape index (κ2) is 3.22. The first-order chi connectivity index (χ1) is 6.17. The molecule has 0 aromatic heterocycles. The molecule has 0 N–H and O–H groups in total. The molecule has 0 atom stereocenters. The average molecular weight is 190 g/mol. The Bertz CT molecular complexity index is 337. The van der Waals surface area contributed by atoms with Crippen molar-refractivity contribution in [2.24, 2.45) is 5.41 Å². The van der Waals surface area contributed by atoms with Crippen LogP contribution in [-0.4, -0.2) is 5.75 Å². The normalized spacial score (nSPS) is 19.2. The Hall–Kier alpha value is -0.690. The number of allylic oxidation sites excluding steroid dienone is 1. The molecule has 0 unspecified atom stereocenters. The Morgan fingerprint density at radius 3 is 2.85 bits per heavy atom. The first-order valence-electron chi connectivity index (χ1n) is 4.58. The van der Waals surface area contributed by atoms with Gasteiger partial charge < -0.3 is 0 Å². The molecular formula is C12H14S. The summed E-state index contributed by atoms with van der Waals surface area (Å²) in [6.45, 7) is 4.56. The minimum absolute atomic E-state index is 0.323. The van der Waals surface area contributed by atoms with Crippen LogP contribution < -0.4 is 0 Å². The maximum Gasteiger partial charge on any atom is 0.0145 e. The van der Waals surface area contributed by atoms with Crippen molar-refractivity contribution in [2.75, 3.05) is 5.75 Å².